The Bertz CT molecular complexity index is 418. The van der Waals surface area contributed by atoms with Gasteiger partial charge in [0.25, 0.3) is 5.12 Å². The normalized spacial score (nSPS) is 10.4. The largest absolute Gasteiger partial charge is 0.380 e. The van der Waals surface area contributed by atoms with Crippen LogP contribution >= 0.6 is 36.2 Å². The fourth-order valence-corrected chi connectivity index (χ4v) is 2.46. The van der Waals surface area contributed by atoms with Crippen molar-refractivity contribution in [2.24, 2.45) is 0 Å². The third-order valence-corrected chi connectivity index (χ3v) is 3.98. The molecule has 1 aromatic carbocycles. The molecule has 0 saturated heterocycles. The average molecular weight is 316 g/mol. The van der Waals surface area contributed by atoms with E-state index in [1.165, 1.54) is 0 Å². The topological polar surface area (TPSA) is 43.4 Å². The second kappa shape index (κ2) is 9.47. The van der Waals surface area contributed by atoms with Crippen molar-refractivity contribution in [1.82, 2.24) is 0 Å². The number of rotatable bonds is 8. The molecule has 0 fully saturated rings. The Balaban J connectivity index is 2.40. The Morgan fingerprint density at radius 1 is 1.21 bits per heavy atom. The van der Waals surface area contributed by atoms with Crippen molar-refractivity contribution in [2.45, 2.75) is 4.90 Å². The van der Waals surface area contributed by atoms with E-state index in [0.29, 0.717) is 30.3 Å². The molecule has 0 aliphatic carbocycles. The predicted molar refractivity (Wildman–Crippen MR) is 84.7 cm³/mol. The number of thiol groups is 1. The molecule has 3 nitrogen and oxygen atoms in total. The van der Waals surface area contributed by atoms with E-state index >= 15 is 0 Å². The molecule has 1 rings (SSSR count). The molecule has 104 valence electrons. The van der Waals surface area contributed by atoms with Gasteiger partial charge in [-0.1, -0.05) is 11.8 Å². The Hall–Kier alpha value is -0.430. The molecular formula is C13H16O3S3. The van der Waals surface area contributed by atoms with Crippen LogP contribution in [-0.2, 0) is 9.53 Å². The summed E-state index contributed by atoms with van der Waals surface area (Å²) in [6.45, 7) is 1.01. The van der Waals surface area contributed by atoms with Crippen LogP contribution < -0.4 is 0 Å². The number of thioether (sulfide) groups is 2. The fourth-order valence-electron chi connectivity index (χ4n) is 1.29. The maximum atomic E-state index is 11.8. The zero-order valence-electron chi connectivity index (χ0n) is 10.6. The number of carbonyl (C=O) groups is 2. The molecule has 0 atom stereocenters. The third kappa shape index (κ3) is 6.03. The van der Waals surface area contributed by atoms with E-state index in [1.54, 1.807) is 23.9 Å². The number of ketones is 1. The third-order valence-electron chi connectivity index (χ3n) is 2.23. The molecule has 0 amide bonds. The molecule has 0 heterocycles. The van der Waals surface area contributed by atoms with Crippen molar-refractivity contribution < 1.29 is 14.3 Å². The predicted octanol–water partition coefficient (Wildman–Crippen LogP) is 2.80. The molecule has 0 saturated carbocycles. The van der Waals surface area contributed by atoms with Gasteiger partial charge in [0.15, 0.2) is 0 Å². The van der Waals surface area contributed by atoms with Crippen LogP contribution in [0.5, 0.6) is 0 Å². The lowest BCUT2D eigenvalue weighted by Gasteiger charge is -2.02. The highest BCUT2D eigenvalue weighted by atomic mass is 32.2. The first-order valence-corrected chi connectivity index (χ1v) is 8.57. The zero-order chi connectivity index (χ0) is 14.1. The van der Waals surface area contributed by atoms with Crippen LogP contribution in [-0.4, -0.2) is 41.9 Å². The molecule has 0 spiro atoms. The highest BCUT2D eigenvalue weighted by Gasteiger charge is 2.16. The van der Waals surface area contributed by atoms with Crippen LogP contribution in [0.25, 0.3) is 0 Å². The monoisotopic (exact) mass is 316 g/mol. The van der Waals surface area contributed by atoms with Gasteiger partial charge in [-0.15, -0.1) is 11.8 Å². The smallest absolute Gasteiger partial charge is 0.260 e. The van der Waals surface area contributed by atoms with Gasteiger partial charge in [0.2, 0.25) is 5.78 Å². The van der Waals surface area contributed by atoms with E-state index in [-0.39, 0.29) is 0 Å². The number of hydrogen-bond donors (Lipinski definition) is 1. The highest BCUT2D eigenvalue weighted by Crippen LogP contribution is 2.16. The second-order valence-electron chi connectivity index (χ2n) is 3.53. The van der Waals surface area contributed by atoms with Crippen LogP contribution in [0.1, 0.15) is 10.4 Å². The summed E-state index contributed by atoms with van der Waals surface area (Å²) in [5.74, 6) is 0.687. The van der Waals surface area contributed by atoms with Gasteiger partial charge in [-0.2, -0.15) is 12.6 Å². The molecule has 0 aliphatic heterocycles. The number of benzene rings is 1. The summed E-state index contributed by atoms with van der Waals surface area (Å²) < 4.78 is 5.19. The quantitative estimate of drug-likeness (QED) is 0.263. The van der Waals surface area contributed by atoms with E-state index in [1.807, 2.05) is 18.4 Å². The summed E-state index contributed by atoms with van der Waals surface area (Å²) in [5.41, 5.74) is 0.437. The zero-order valence-corrected chi connectivity index (χ0v) is 13.2. The molecular weight excluding hydrogens is 300 g/mol. The average Bonchev–Trinajstić information content (AvgIpc) is 2.46. The van der Waals surface area contributed by atoms with Gasteiger partial charge in [0.05, 0.1) is 13.2 Å². The summed E-state index contributed by atoms with van der Waals surface area (Å²) in [4.78, 5) is 24.6. The van der Waals surface area contributed by atoms with Gasteiger partial charge < -0.3 is 4.74 Å². The molecule has 0 aromatic heterocycles. The summed E-state index contributed by atoms with van der Waals surface area (Å²) in [5, 5.41) is -0.439. The minimum absolute atomic E-state index is 0.437. The van der Waals surface area contributed by atoms with Crippen LogP contribution in [0.2, 0.25) is 0 Å². The van der Waals surface area contributed by atoms with Crippen LogP contribution in [0.4, 0.5) is 0 Å². The lowest BCUT2D eigenvalue weighted by atomic mass is 10.1. The Morgan fingerprint density at radius 2 is 1.89 bits per heavy atom. The van der Waals surface area contributed by atoms with Gasteiger partial charge in [0.1, 0.15) is 0 Å². The van der Waals surface area contributed by atoms with Gasteiger partial charge in [0, 0.05) is 22.0 Å². The second-order valence-corrected chi connectivity index (χ2v) is 5.92. The molecule has 1 aromatic rings. The van der Waals surface area contributed by atoms with Gasteiger partial charge >= 0.3 is 0 Å². The van der Waals surface area contributed by atoms with Gasteiger partial charge in [-0.25, -0.2) is 0 Å². The van der Waals surface area contributed by atoms with Crippen molar-refractivity contribution in [1.29, 1.82) is 0 Å². The van der Waals surface area contributed by atoms with Crippen molar-refractivity contribution >= 4 is 47.1 Å². The Morgan fingerprint density at radius 3 is 2.47 bits per heavy atom. The molecule has 19 heavy (non-hydrogen) atoms. The molecule has 0 N–H and O–H groups in total. The number of hydrogen-bond acceptors (Lipinski definition) is 6. The minimum Gasteiger partial charge on any atom is -0.380 e. The van der Waals surface area contributed by atoms with E-state index in [4.69, 9.17) is 4.74 Å². The molecule has 6 heteroatoms. The standard InChI is InChI=1S/C13H16O3S3/c1-18-11-4-2-10(3-5-11)12(14)13(15)19-9-7-16-6-8-17/h2-5,17H,6-9H2,1H3. The molecule has 0 bridgehead atoms. The Kier molecular flexibility index (Phi) is 8.29. The Labute approximate surface area is 127 Å². The van der Waals surface area contributed by atoms with Crippen LogP contribution in [0.15, 0.2) is 29.2 Å². The maximum absolute atomic E-state index is 11.8. The van der Waals surface area contributed by atoms with Crippen molar-refractivity contribution in [3.63, 3.8) is 0 Å². The van der Waals surface area contributed by atoms with E-state index in [9.17, 15) is 9.59 Å². The highest BCUT2D eigenvalue weighted by molar-refractivity contribution is 8.15. The lowest BCUT2D eigenvalue weighted by molar-refractivity contribution is -0.107. The molecule has 0 unspecified atom stereocenters. The minimum atomic E-state index is -0.452. The van der Waals surface area contributed by atoms with E-state index in [2.05, 4.69) is 12.6 Å². The van der Waals surface area contributed by atoms with Crippen LogP contribution in [0.3, 0.4) is 0 Å². The molecule has 0 aliphatic rings. The van der Waals surface area contributed by atoms with Crippen molar-refractivity contribution in [3.8, 4) is 0 Å². The summed E-state index contributed by atoms with van der Waals surface area (Å²) in [7, 11) is 0. The van der Waals surface area contributed by atoms with Gasteiger partial charge in [-0.3, -0.25) is 9.59 Å². The number of ether oxygens (including phenoxy) is 1. The fraction of sp³-hybridized carbons (Fsp3) is 0.385. The van der Waals surface area contributed by atoms with Crippen LogP contribution in [0, 0.1) is 0 Å². The first-order chi connectivity index (χ1) is 9.19. The lowest BCUT2D eigenvalue weighted by Crippen LogP contribution is -2.12. The summed E-state index contributed by atoms with van der Waals surface area (Å²) in [6.07, 6.45) is 1.96. The summed E-state index contributed by atoms with van der Waals surface area (Å²) >= 11 is 6.60. The first-order valence-electron chi connectivity index (χ1n) is 5.73. The van der Waals surface area contributed by atoms with Crippen molar-refractivity contribution in [2.75, 3.05) is 31.0 Å². The SMILES string of the molecule is CSc1ccc(C(=O)C(=O)SCCOCCS)cc1. The molecule has 0 radical (unpaired) electrons. The maximum Gasteiger partial charge on any atom is 0.260 e. The van der Waals surface area contributed by atoms with E-state index < -0.39 is 10.9 Å². The number of Topliss-reactive ketones (excluding diaryl/α,β-unsaturated/α-hetero) is 1. The van der Waals surface area contributed by atoms with E-state index in [0.717, 1.165) is 16.7 Å². The summed E-state index contributed by atoms with van der Waals surface area (Å²) in [6, 6.07) is 7.05. The van der Waals surface area contributed by atoms with Gasteiger partial charge in [-0.05, 0) is 30.5 Å². The number of carbonyl (C=O) groups excluding carboxylic acids is 2. The first kappa shape index (κ1) is 16.6. The van der Waals surface area contributed by atoms with Crippen molar-refractivity contribution in [3.05, 3.63) is 29.8 Å².